The number of fused-ring (bicyclic) bond motifs is 1. The van der Waals surface area contributed by atoms with Gasteiger partial charge in [0.25, 0.3) is 0 Å². The third kappa shape index (κ3) is 1.74. The first-order valence-corrected chi connectivity index (χ1v) is 6.15. The summed E-state index contributed by atoms with van der Waals surface area (Å²) in [5.74, 6) is 0. The van der Waals surface area contributed by atoms with E-state index >= 15 is 0 Å². The van der Waals surface area contributed by atoms with Gasteiger partial charge in [0.15, 0.2) is 0 Å². The first kappa shape index (κ1) is 10.8. The molecule has 1 heterocycles. The summed E-state index contributed by atoms with van der Waals surface area (Å²) in [6.45, 7) is 4.69. The van der Waals surface area contributed by atoms with Crippen molar-refractivity contribution in [1.29, 1.82) is 0 Å². The van der Waals surface area contributed by atoms with Crippen LogP contribution in [-0.2, 0) is 6.54 Å². The molecule has 0 spiro atoms. The molecule has 0 aliphatic rings. The van der Waals surface area contributed by atoms with Gasteiger partial charge in [0.1, 0.15) is 0 Å². The van der Waals surface area contributed by atoms with Gasteiger partial charge < -0.3 is 4.57 Å². The van der Waals surface area contributed by atoms with Crippen LogP contribution in [0, 0.1) is 0 Å². The number of hydrogen-bond acceptors (Lipinski definition) is 0. The van der Waals surface area contributed by atoms with Gasteiger partial charge in [-0.15, -0.1) is 6.58 Å². The van der Waals surface area contributed by atoms with Crippen LogP contribution in [0.15, 0.2) is 73.3 Å². The topological polar surface area (TPSA) is 4.93 Å². The zero-order chi connectivity index (χ0) is 12.4. The van der Waals surface area contributed by atoms with Crippen LogP contribution in [0.2, 0.25) is 0 Å². The minimum Gasteiger partial charge on any atom is -0.337 e. The van der Waals surface area contributed by atoms with Crippen molar-refractivity contribution in [1.82, 2.24) is 4.57 Å². The highest BCUT2D eigenvalue weighted by atomic mass is 15.0. The maximum atomic E-state index is 3.86. The second-order valence-corrected chi connectivity index (χ2v) is 4.35. The number of allylic oxidation sites excluding steroid dienone is 1. The van der Waals surface area contributed by atoms with Gasteiger partial charge >= 0.3 is 0 Å². The van der Waals surface area contributed by atoms with Gasteiger partial charge in [0, 0.05) is 23.1 Å². The van der Waals surface area contributed by atoms with Crippen molar-refractivity contribution in [3.63, 3.8) is 0 Å². The molecular formula is C17H15N. The number of rotatable bonds is 3. The van der Waals surface area contributed by atoms with Crippen molar-refractivity contribution in [3.8, 4) is 11.3 Å². The molecule has 2 aromatic carbocycles. The van der Waals surface area contributed by atoms with Crippen molar-refractivity contribution in [3.05, 3.63) is 73.3 Å². The Morgan fingerprint density at radius 3 is 2.44 bits per heavy atom. The van der Waals surface area contributed by atoms with Gasteiger partial charge in [-0.25, -0.2) is 0 Å². The molecule has 0 bridgehead atoms. The van der Waals surface area contributed by atoms with E-state index in [4.69, 9.17) is 0 Å². The van der Waals surface area contributed by atoms with Crippen LogP contribution in [-0.4, -0.2) is 4.57 Å². The summed E-state index contributed by atoms with van der Waals surface area (Å²) in [5, 5.41) is 1.28. The van der Waals surface area contributed by atoms with E-state index < -0.39 is 0 Å². The smallest absolute Gasteiger partial charge is 0.0494 e. The van der Waals surface area contributed by atoms with E-state index in [1.807, 2.05) is 12.1 Å². The molecule has 1 heteroatoms. The summed E-state index contributed by atoms with van der Waals surface area (Å²) in [5.41, 5.74) is 3.75. The lowest BCUT2D eigenvalue weighted by molar-refractivity contribution is 0.874. The molecule has 0 amide bonds. The third-order valence-corrected chi connectivity index (χ3v) is 3.19. The second kappa shape index (κ2) is 4.53. The Morgan fingerprint density at radius 1 is 0.944 bits per heavy atom. The molecule has 0 N–H and O–H groups in total. The first-order chi connectivity index (χ1) is 8.90. The van der Waals surface area contributed by atoms with Crippen molar-refractivity contribution in [2.75, 3.05) is 0 Å². The molecule has 18 heavy (non-hydrogen) atoms. The molecule has 3 aromatic rings. The molecule has 0 aliphatic carbocycles. The molecule has 0 aliphatic heterocycles. The van der Waals surface area contributed by atoms with Gasteiger partial charge in [0.05, 0.1) is 0 Å². The van der Waals surface area contributed by atoms with Gasteiger partial charge in [-0.1, -0.05) is 54.6 Å². The third-order valence-electron chi connectivity index (χ3n) is 3.19. The Bertz CT molecular complexity index is 677. The van der Waals surface area contributed by atoms with Gasteiger partial charge in [-0.05, 0) is 17.7 Å². The number of hydrogen-bond donors (Lipinski definition) is 0. The number of benzene rings is 2. The predicted molar refractivity (Wildman–Crippen MR) is 77.6 cm³/mol. The lowest BCUT2D eigenvalue weighted by atomic mass is 10.1. The Balaban J connectivity index is 2.28. The molecule has 0 unspecified atom stereocenters. The van der Waals surface area contributed by atoms with Crippen LogP contribution < -0.4 is 0 Å². The molecule has 0 atom stereocenters. The van der Waals surface area contributed by atoms with E-state index in [0.29, 0.717) is 0 Å². The summed E-state index contributed by atoms with van der Waals surface area (Å²) in [4.78, 5) is 0. The molecule has 1 nitrogen and oxygen atoms in total. The van der Waals surface area contributed by atoms with Crippen LogP contribution in [0.25, 0.3) is 22.2 Å². The molecule has 0 radical (unpaired) electrons. The van der Waals surface area contributed by atoms with Crippen molar-refractivity contribution < 1.29 is 0 Å². The van der Waals surface area contributed by atoms with Crippen LogP contribution in [0.4, 0.5) is 0 Å². The van der Waals surface area contributed by atoms with E-state index in [0.717, 1.165) is 6.54 Å². The van der Waals surface area contributed by atoms with Crippen LogP contribution >= 0.6 is 0 Å². The van der Waals surface area contributed by atoms with Crippen molar-refractivity contribution in [2.45, 2.75) is 6.54 Å². The largest absolute Gasteiger partial charge is 0.337 e. The zero-order valence-corrected chi connectivity index (χ0v) is 10.2. The Hall–Kier alpha value is -2.28. The molecule has 88 valence electrons. The quantitative estimate of drug-likeness (QED) is 0.587. The normalized spacial score (nSPS) is 10.7. The zero-order valence-electron chi connectivity index (χ0n) is 10.2. The molecule has 0 fully saturated rings. The maximum Gasteiger partial charge on any atom is 0.0494 e. The lowest BCUT2D eigenvalue weighted by Crippen LogP contribution is -1.96. The van der Waals surface area contributed by atoms with E-state index in [9.17, 15) is 0 Å². The lowest BCUT2D eigenvalue weighted by Gasteiger charge is -2.08. The standard InChI is InChI=1S/C17H15N/c1-2-12-18-16-11-7-6-10-15(16)13-17(18)14-8-4-3-5-9-14/h2-11,13H,1,12H2. The Labute approximate surface area is 107 Å². The fourth-order valence-electron chi connectivity index (χ4n) is 2.38. The fraction of sp³-hybridized carbons (Fsp3) is 0.0588. The molecule has 1 aromatic heterocycles. The minimum absolute atomic E-state index is 0.831. The minimum atomic E-state index is 0.831. The van der Waals surface area contributed by atoms with Crippen LogP contribution in [0.1, 0.15) is 0 Å². The Kier molecular flexibility index (Phi) is 2.73. The fourth-order valence-corrected chi connectivity index (χ4v) is 2.38. The number of aromatic nitrogens is 1. The van der Waals surface area contributed by atoms with Gasteiger partial charge in [0.2, 0.25) is 0 Å². The highest BCUT2D eigenvalue weighted by Crippen LogP contribution is 2.28. The first-order valence-electron chi connectivity index (χ1n) is 6.15. The van der Waals surface area contributed by atoms with E-state index in [-0.39, 0.29) is 0 Å². The van der Waals surface area contributed by atoms with E-state index in [2.05, 4.69) is 65.7 Å². The van der Waals surface area contributed by atoms with Gasteiger partial charge in [-0.3, -0.25) is 0 Å². The molecule has 0 saturated carbocycles. The van der Waals surface area contributed by atoms with E-state index in [1.54, 1.807) is 0 Å². The summed E-state index contributed by atoms with van der Waals surface area (Å²) in [6, 6.07) is 21.2. The summed E-state index contributed by atoms with van der Waals surface area (Å²) in [6.07, 6.45) is 1.94. The number of para-hydroxylation sites is 1. The van der Waals surface area contributed by atoms with Crippen LogP contribution in [0.5, 0.6) is 0 Å². The van der Waals surface area contributed by atoms with Crippen molar-refractivity contribution >= 4 is 10.9 Å². The average molecular weight is 233 g/mol. The summed E-state index contributed by atoms with van der Waals surface area (Å²) >= 11 is 0. The van der Waals surface area contributed by atoms with Crippen LogP contribution in [0.3, 0.4) is 0 Å². The highest BCUT2D eigenvalue weighted by Gasteiger charge is 2.08. The Morgan fingerprint density at radius 2 is 1.67 bits per heavy atom. The second-order valence-electron chi connectivity index (χ2n) is 4.35. The summed E-state index contributed by atoms with van der Waals surface area (Å²) in [7, 11) is 0. The molecular weight excluding hydrogens is 218 g/mol. The van der Waals surface area contributed by atoms with Gasteiger partial charge in [-0.2, -0.15) is 0 Å². The predicted octanol–water partition coefficient (Wildman–Crippen LogP) is 4.49. The SMILES string of the molecule is C=CCn1c(-c2ccccc2)cc2ccccc21. The van der Waals surface area contributed by atoms with Crippen molar-refractivity contribution in [2.24, 2.45) is 0 Å². The summed E-state index contributed by atoms with van der Waals surface area (Å²) < 4.78 is 2.30. The molecule has 0 saturated heterocycles. The maximum absolute atomic E-state index is 3.86. The highest BCUT2D eigenvalue weighted by molar-refractivity contribution is 5.87. The average Bonchev–Trinajstić information content (AvgIpc) is 2.80. The molecule has 3 rings (SSSR count). The number of nitrogens with zero attached hydrogens (tertiary/aromatic N) is 1. The monoisotopic (exact) mass is 233 g/mol. The van der Waals surface area contributed by atoms with E-state index in [1.165, 1.54) is 22.2 Å².